The van der Waals surface area contributed by atoms with Gasteiger partial charge in [0.1, 0.15) is 0 Å². The second kappa shape index (κ2) is 5.08. The maximum atomic E-state index is 11.5. The smallest absolute Gasteiger partial charge is 0.334 e. The molecule has 18 heavy (non-hydrogen) atoms. The van der Waals surface area contributed by atoms with E-state index in [1.165, 1.54) is 10.4 Å². The quantitative estimate of drug-likeness (QED) is 0.774. The summed E-state index contributed by atoms with van der Waals surface area (Å²) in [5.41, 5.74) is 0.864. The van der Waals surface area contributed by atoms with Crippen molar-refractivity contribution >= 4 is 22.4 Å². The van der Waals surface area contributed by atoms with Gasteiger partial charge in [-0.2, -0.15) is 0 Å². The molecule has 0 aliphatic heterocycles. The highest BCUT2D eigenvalue weighted by atomic mass is 16.7. The minimum atomic E-state index is -0.231. The van der Waals surface area contributed by atoms with E-state index in [0.717, 1.165) is 11.1 Å². The van der Waals surface area contributed by atoms with E-state index in [4.69, 9.17) is 4.84 Å². The Hall–Kier alpha value is -2.03. The van der Waals surface area contributed by atoms with E-state index >= 15 is 0 Å². The molecule has 0 heterocycles. The van der Waals surface area contributed by atoms with Crippen LogP contribution in [0.3, 0.4) is 0 Å². The van der Waals surface area contributed by atoms with E-state index in [9.17, 15) is 4.79 Å². The minimum Gasteiger partial charge on any atom is -0.341 e. The van der Waals surface area contributed by atoms with Crippen LogP contribution in [0.5, 0.6) is 0 Å². The number of carbonyl (C=O) groups is 1. The largest absolute Gasteiger partial charge is 0.341 e. The topological polar surface area (TPSA) is 29.5 Å². The Morgan fingerprint density at radius 2 is 1.78 bits per heavy atom. The lowest BCUT2D eigenvalue weighted by molar-refractivity contribution is -0.148. The average Bonchev–Trinajstić information content (AvgIpc) is 2.37. The van der Waals surface area contributed by atoms with Crippen molar-refractivity contribution in [3.63, 3.8) is 0 Å². The lowest BCUT2D eigenvalue weighted by atomic mass is 10.1. The summed E-state index contributed by atoms with van der Waals surface area (Å²) in [7, 11) is 1.74. The van der Waals surface area contributed by atoms with Crippen LogP contribution in [-0.4, -0.2) is 13.0 Å². The Morgan fingerprint density at radius 1 is 1.11 bits per heavy atom. The fourth-order valence-corrected chi connectivity index (χ4v) is 1.67. The van der Waals surface area contributed by atoms with Gasteiger partial charge in [-0.05, 0) is 22.9 Å². The number of nitrogens with zero attached hydrogens (tertiary/aromatic N) is 1. The second-order valence-electron chi connectivity index (χ2n) is 4.59. The molecular weight excluding hydrogens is 226 g/mol. The molecule has 2 aromatic rings. The first-order valence-corrected chi connectivity index (χ1v) is 6.02. The molecule has 0 bridgehead atoms. The number of hydrogen-bond acceptors (Lipinski definition) is 3. The third-order valence-corrected chi connectivity index (χ3v) is 2.79. The van der Waals surface area contributed by atoms with E-state index in [1.807, 2.05) is 50.2 Å². The van der Waals surface area contributed by atoms with E-state index in [2.05, 4.69) is 6.07 Å². The molecular formula is C15H17NO2. The molecule has 2 aromatic carbocycles. The first-order valence-electron chi connectivity index (χ1n) is 6.02. The zero-order valence-corrected chi connectivity index (χ0v) is 10.9. The molecule has 0 atom stereocenters. The number of benzene rings is 2. The van der Waals surface area contributed by atoms with Crippen molar-refractivity contribution in [2.24, 2.45) is 5.92 Å². The van der Waals surface area contributed by atoms with Crippen molar-refractivity contribution in [3.05, 3.63) is 42.5 Å². The maximum absolute atomic E-state index is 11.5. The zero-order chi connectivity index (χ0) is 13.1. The molecule has 0 aliphatic rings. The lowest BCUT2D eigenvalue weighted by Crippen LogP contribution is -2.25. The molecule has 0 N–H and O–H groups in total. The molecule has 0 spiro atoms. The standard InChI is InChI=1S/C15H17NO2/c1-11(2)15(17)18-16(3)14-9-8-12-6-4-5-7-13(12)10-14/h4-11H,1-3H3. The molecule has 2 rings (SSSR count). The second-order valence-corrected chi connectivity index (χ2v) is 4.59. The van der Waals surface area contributed by atoms with Gasteiger partial charge in [-0.1, -0.05) is 44.2 Å². The molecule has 0 unspecified atom stereocenters. The number of rotatable bonds is 3. The Labute approximate surface area is 107 Å². The van der Waals surface area contributed by atoms with Crippen LogP contribution in [-0.2, 0) is 9.63 Å². The van der Waals surface area contributed by atoms with Gasteiger partial charge >= 0.3 is 5.97 Å². The van der Waals surface area contributed by atoms with Crippen LogP contribution in [0.25, 0.3) is 10.8 Å². The fourth-order valence-electron chi connectivity index (χ4n) is 1.67. The molecule has 3 nitrogen and oxygen atoms in total. The fraction of sp³-hybridized carbons (Fsp3) is 0.267. The van der Waals surface area contributed by atoms with E-state index < -0.39 is 0 Å². The van der Waals surface area contributed by atoms with Crippen LogP contribution in [0.4, 0.5) is 5.69 Å². The van der Waals surface area contributed by atoms with Gasteiger partial charge in [-0.3, -0.25) is 0 Å². The predicted molar refractivity (Wildman–Crippen MR) is 73.3 cm³/mol. The Morgan fingerprint density at radius 3 is 2.44 bits per heavy atom. The summed E-state index contributed by atoms with van der Waals surface area (Å²) < 4.78 is 0. The van der Waals surface area contributed by atoms with Gasteiger partial charge in [-0.25, -0.2) is 9.86 Å². The highest BCUT2D eigenvalue weighted by Gasteiger charge is 2.12. The predicted octanol–water partition coefficient (Wildman–Crippen LogP) is 3.39. The van der Waals surface area contributed by atoms with Crippen LogP contribution < -0.4 is 5.06 Å². The highest BCUT2D eigenvalue weighted by molar-refractivity contribution is 5.86. The number of hydrogen-bond donors (Lipinski definition) is 0. The van der Waals surface area contributed by atoms with Crippen LogP contribution in [0.1, 0.15) is 13.8 Å². The Balaban J connectivity index is 2.22. The summed E-state index contributed by atoms with van der Waals surface area (Å²) in [6.45, 7) is 3.63. The van der Waals surface area contributed by atoms with Gasteiger partial charge in [0, 0.05) is 7.05 Å². The Bertz CT molecular complexity index is 563. The third kappa shape index (κ3) is 2.62. The first-order chi connectivity index (χ1) is 8.58. The van der Waals surface area contributed by atoms with Crippen molar-refractivity contribution in [2.75, 3.05) is 12.1 Å². The van der Waals surface area contributed by atoms with Crippen LogP contribution in [0.2, 0.25) is 0 Å². The normalized spacial score (nSPS) is 10.7. The van der Waals surface area contributed by atoms with E-state index in [-0.39, 0.29) is 11.9 Å². The maximum Gasteiger partial charge on any atom is 0.334 e. The summed E-state index contributed by atoms with van der Waals surface area (Å²) in [5, 5.41) is 3.81. The third-order valence-electron chi connectivity index (χ3n) is 2.79. The number of fused-ring (bicyclic) bond motifs is 1. The molecule has 3 heteroatoms. The van der Waals surface area contributed by atoms with E-state index in [1.54, 1.807) is 7.05 Å². The van der Waals surface area contributed by atoms with Crippen LogP contribution in [0, 0.1) is 5.92 Å². The Kier molecular flexibility index (Phi) is 3.51. The van der Waals surface area contributed by atoms with Crippen LogP contribution in [0.15, 0.2) is 42.5 Å². The van der Waals surface area contributed by atoms with Gasteiger partial charge in [0.25, 0.3) is 0 Å². The van der Waals surface area contributed by atoms with Gasteiger partial charge in [-0.15, -0.1) is 0 Å². The average molecular weight is 243 g/mol. The molecule has 0 radical (unpaired) electrons. The SMILES string of the molecule is CC(C)C(=O)ON(C)c1ccc2ccccc2c1. The van der Waals surface area contributed by atoms with Crippen molar-refractivity contribution in [1.82, 2.24) is 0 Å². The highest BCUT2D eigenvalue weighted by Crippen LogP contribution is 2.21. The molecule has 0 saturated heterocycles. The van der Waals surface area contributed by atoms with Crippen molar-refractivity contribution in [2.45, 2.75) is 13.8 Å². The van der Waals surface area contributed by atoms with Crippen molar-refractivity contribution < 1.29 is 9.63 Å². The number of hydroxylamine groups is 1. The van der Waals surface area contributed by atoms with E-state index in [0.29, 0.717) is 0 Å². The molecule has 0 fully saturated rings. The van der Waals surface area contributed by atoms with Gasteiger partial charge in [0.15, 0.2) is 0 Å². The first kappa shape index (κ1) is 12.4. The summed E-state index contributed by atoms with van der Waals surface area (Å²) in [5.74, 6) is -0.362. The molecule has 0 saturated carbocycles. The van der Waals surface area contributed by atoms with Crippen LogP contribution >= 0.6 is 0 Å². The summed E-state index contributed by atoms with van der Waals surface area (Å²) in [6.07, 6.45) is 0. The van der Waals surface area contributed by atoms with Gasteiger partial charge in [0.2, 0.25) is 0 Å². The summed E-state index contributed by atoms with van der Waals surface area (Å²) >= 11 is 0. The summed E-state index contributed by atoms with van der Waals surface area (Å²) in [6, 6.07) is 14.1. The van der Waals surface area contributed by atoms with Gasteiger partial charge in [0.05, 0.1) is 11.6 Å². The molecule has 94 valence electrons. The number of carbonyl (C=O) groups excluding carboxylic acids is 1. The zero-order valence-electron chi connectivity index (χ0n) is 10.9. The molecule has 0 aromatic heterocycles. The lowest BCUT2D eigenvalue weighted by Gasteiger charge is -2.19. The molecule has 0 amide bonds. The van der Waals surface area contributed by atoms with Crippen molar-refractivity contribution in [3.8, 4) is 0 Å². The van der Waals surface area contributed by atoms with Gasteiger partial charge < -0.3 is 4.84 Å². The minimum absolute atomic E-state index is 0.132. The number of anilines is 1. The molecule has 0 aliphatic carbocycles. The van der Waals surface area contributed by atoms with Crippen molar-refractivity contribution in [1.29, 1.82) is 0 Å². The monoisotopic (exact) mass is 243 g/mol. The summed E-state index contributed by atoms with van der Waals surface area (Å²) in [4.78, 5) is 16.8.